The molecule has 29 heavy (non-hydrogen) atoms. The number of hydrogen-bond acceptors (Lipinski definition) is 3. The zero-order valence-corrected chi connectivity index (χ0v) is 17.2. The van der Waals surface area contributed by atoms with E-state index in [0.29, 0.717) is 6.04 Å². The maximum Gasteiger partial charge on any atom is 0.214 e. The molecular formula is C22H33FN6+2. The minimum atomic E-state index is -0.187. The summed E-state index contributed by atoms with van der Waals surface area (Å²) in [5.41, 5.74) is 1.12. The fourth-order valence-corrected chi connectivity index (χ4v) is 5.95. The summed E-state index contributed by atoms with van der Waals surface area (Å²) in [6, 6.07) is 8.36. The smallest absolute Gasteiger partial charge is 0.214 e. The van der Waals surface area contributed by atoms with E-state index in [-0.39, 0.29) is 11.9 Å². The second kappa shape index (κ2) is 8.48. The number of halogens is 1. The lowest BCUT2D eigenvalue weighted by atomic mass is 10.0. The minimum absolute atomic E-state index is 0.0799. The Morgan fingerprint density at radius 3 is 2.24 bits per heavy atom. The molecule has 2 heterocycles. The van der Waals surface area contributed by atoms with E-state index in [1.807, 2.05) is 12.1 Å². The Hall–Kier alpha value is -1.86. The van der Waals surface area contributed by atoms with E-state index in [2.05, 4.69) is 20.2 Å². The number of hydrogen-bond donors (Lipinski definition) is 2. The van der Waals surface area contributed by atoms with Gasteiger partial charge in [-0.3, -0.25) is 0 Å². The van der Waals surface area contributed by atoms with Crippen molar-refractivity contribution in [3.8, 4) is 0 Å². The first-order valence-corrected chi connectivity index (χ1v) is 11.5. The summed E-state index contributed by atoms with van der Waals surface area (Å²) in [6.07, 6.45) is 10.4. The number of nitrogens with zero attached hydrogens (tertiary/aromatic N) is 4. The molecule has 1 aromatic heterocycles. The number of rotatable bonds is 5. The van der Waals surface area contributed by atoms with Crippen LogP contribution in [0, 0.1) is 5.82 Å². The zero-order chi connectivity index (χ0) is 19.6. The van der Waals surface area contributed by atoms with Gasteiger partial charge in [0.1, 0.15) is 32.0 Å². The number of tetrazole rings is 1. The molecule has 7 heteroatoms. The average molecular weight is 401 g/mol. The minimum Gasteiger partial charge on any atom is -0.323 e. The van der Waals surface area contributed by atoms with Gasteiger partial charge in [-0.1, -0.05) is 12.8 Å². The molecule has 2 saturated carbocycles. The number of aromatic nitrogens is 4. The SMILES string of the molecule is Fc1ccc([C@H](c2nnnn2C2CCCC2)[NH+]2CC[NH+](C3CCCC3)CC2)cc1. The van der Waals surface area contributed by atoms with Gasteiger partial charge in [-0.15, -0.1) is 5.10 Å². The van der Waals surface area contributed by atoms with Crippen LogP contribution in [0.25, 0.3) is 0 Å². The lowest BCUT2D eigenvalue weighted by molar-refractivity contribution is -1.03. The van der Waals surface area contributed by atoms with E-state index in [4.69, 9.17) is 0 Å². The standard InChI is InChI=1S/C22H31FN6/c23-18-11-9-17(10-12-18)21(22-24-25-26-29(22)20-7-3-4-8-20)28-15-13-27(14-16-28)19-5-1-2-6-19/h9-12,19-21H,1-8,13-16H2/p+2/t21-/m1/s1. The van der Waals surface area contributed by atoms with Crippen LogP contribution < -0.4 is 9.80 Å². The van der Waals surface area contributed by atoms with Gasteiger partial charge >= 0.3 is 0 Å². The molecule has 5 rings (SSSR count). The van der Waals surface area contributed by atoms with Crippen molar-refractivity contribution in [3.05, 3.63) is 41.5 Å². The van der Waals surface area contributed by atoms with Gasteiger partial charge in [0.05, 0.1) is 12.1 Å². The Kier molecular flexibility index (Phi) is 5.59. The summed E-state index contributed by atoms with van der Waals surface area (Å²) >= 11 is 0. The van der Waals surface area contributed by atoms with Crippen LogP contribution in [0.4, 0.5) is 4.39 Å². The molecule has 0 radical (unpaired) electrons. The summed E-state index contributed by atoms with van der Waals surface area (Å²) in [5.74, 6) is 0.774. The highest BCUT2D eigenvalue weighted by atomic mass is 19.1. The van der Waals surface area contributed by atoms with Gasteiger partial charge in [0.15, 0.2) is 6.04 Å². The fraction of sp³-hybridized carbons (Fsp3) is 0.682. The van der Waals surface area contributed by atoms with Crippen LogP contribution in [0.5, 0.6) is 0 Å². The van der Waals surface area contributed by atoms with Crippen molar-refractivity contribution in [1.82, 2.24) is 20.2 Å². The Bertz CT molecular complexity index is 786. The van der Waals surface area contributed by atoms with Crippen molar-refractivity contribution in [2.75, 3.05) is 26.2 Å². The molecule has 2 N–H and O–H groups in total. The Balaban J connectivity index is 1.41. The Morgan fingerprint density at radius 1 is 0.897 bits per heavy atom. The molecule has 0 spiro atoms. The third-order valence-electron chi connectivity index (χ3n) is 7.53. The first-order valence-electron chi connectivity index (χ1n) is 11.5. The molecule has 1 saturated heterocycles. The summed E-state index contributed by atoms with van der Waals surface area (Å²) in [7, 11) is 0. The molecule has 3 fully saturated rings. The van der Waals surface area contributed by atoms with Crippen LogP contribution in [0.1, 0.15) is 74.8 Å². The summed E-state index contributed by atoms with van der Waals surface area (Å²) in [4.78, 5) is 3.31. The third kappa shape index (κ3) is 3.94. The van der Waals surface area contributed by atoms with Crippen LogP contribution in [-0.2, 0) is 0 Å². The van der Waals surface area contributed by atoms with Gasteiger partial charge in [0, 0.05) is 5.56 Å². The predicted octanol–water partition coefficient (Wildman–Crippen LogP) is 0.743. The molecule has 0 unspecified atom stereocenters. The van der Waals surface area contributed by atoms with Crippen LogP contribution >= 0.6 is 0 Å². The third-order valence-corrected chi connectivity index (χ3v) is 7.53. The van der Waals surface area contributed by atoms with Crippen molar-refractivity contribution >= 4 is 0 Å². The Morgan fingerprint density at radius 2 is 1.55 bits per heavy atom. The lowest BCUT2D eigenvalue weighted by Gasteiger charge is -2.36. The summed E-state index contributed by atoms with van der Waals surface area (Å²) in [6.45, 7) is 4.65. The Labute approximate surface area is 172 Å². The van der Waals surface area contributed by atoms with E-state index < -0.39 is 0 Å². The molecular weight excluding hydrogens is 367 g/mol. The molecule has 6 nitrogen and oxygen atoms in total. The molecule has 2 aliphatic carbocycles. The monoisotopic (exact) mass is 400 g/mol. The average Bonchev–Trinajstić information content (AvgIpc) is 3.52. The summed E-state index contributed by atoms with van der Waals surface area (Å²) in [5, 5.41) is 13.0. The van der Waals surface area contributed by atoms with Gasteiger partial charge in [-0.25, -0.2) is 9.07 Å². The van der Waals surface area contributed by atoms with Gasteiger partial charge in [-0.05, 0) is 73.2 Å². The van der Waals surface area contributed by atoms with Crippen LogP contribution in [0.2, 0.25) is 0 Å². The quantitative estimate of drug-likeness (QED) is 0.779. The van der Waals surface area contributed by atoms with Crippen LogP contribution in [-0.4, -0.2) is 52.4 Å². The predicted molar refractivity (Wildman–Crippen MR) is 107 cm³/mol. The maximum absolute atomic E-state index is 13.6. The number of benzene rings is 1. The molecule has 2 aromatic rings. The molecule has 1 atom stereocenters. The fourth-order valence-electron chi connectivity index (χ4n) is 5.95. The van der Waals surface area contributed by atoms with E-state index in [0.717, 1.165) is 43.4 Å². The first-order chi connectivity index (χ1) is 14.3. The number of quaternary nitrogens is 2. The van der Waals surface area contributed by atoms with Gasteiger partial charge in [0.2, 0.25) is 5.82 Å². The lowest BCUT2D eigenvalue weighted by Crippen LogP contribution is -3.29. The highest BCUT2D eigenvalue weighted by Gasteiger charge is 2.39. The molecule has 1 aromatic carbocycles. The molecule has 3 aliphatic rings. The molecule has 156 valence electrons. The highest BCUT2D eigenvalue weighted by molar-refractivity contribution is 5.23. The van der Waals surface area contributed by atoms with Crippen molar-refractivity contribution in [3.63, 3.8) is 0 Å². The van der Waals surface area contributed by atoms with Crippen LogP contribution in [0.3, 0.4) is 0 Å². The van der Waals surface area contributed by atoms with Crippen molar-refractivity contribution in [1.29, 1.82) is 0 Å². The van der Waals surface area contributed by atoms with E-state index in [1.54, 1.807) is 17.0 Å². The largest absolute Gasteiger partial charge is 0.323 e. The molecule has 0 bridgehead atoms. The highest BCUT2D eigenvalue weighted by Crippen LogP contribution is 2.31. The van der Waals surface area contributed by atoms with Gasteiger partial charge in [0.25, 0.3) is 0 Å². The second-order valence-corrected chi connectivity index (χ2v) is 9.20. The maximum atomic E-state index is 13.6. The van der Waals surface area contributed by atoms with E-state index in [9.17, 15) is 4.39 Å². The van der Waals surface area contributed by atoms with Gasteiger partial charge in [-0.2, -0.15) is 0 Å². The van der Waals surface area contributed by atoms with Crippen molar-refractivity contribution in [2.24, 2.45) is 0 Å². The topological polar surface area (TPSA) is 52.5 Å². The second-order valence-electron chi connectivity index (χ2n) is 9.20. The van der Waals surface area contributed by atoms with Crippen LogP contribution in [0.15, 0.2) is 24.3 Å². The summed E-state index contributed by atoms with van der Waals surface area (Å²) < 4.78 is 15.7. The first kappa shape index (κ1) is 19.1. The van der Waals surface area contributed by atoms with Crippen molar-refractivity contribution in [2.45, 2.75) is 69.5 Å². The van der Waals surface area contributed by atoms with Gasteiger partial charge < -0.3 is 9.80 Å². The zero-order valence-electron chi connectivity index (χ0n) is 17.2. The van der Waals surface area contributed by atoms with E-state index in [1.165, 1.54) is 56.5 Å². The van der Waals surface area contributed by atoms with E-state index >= 15 is 0 Å². The molecule has 0 amide bonds. The van der Waals surface area contributed by atoms with Crippen molar-refractivity contribution < 1.29 is 14.2 Å². The molecule has 1 aliphatic heterocycles. The number of piperazine rings is 1. The number of nitrogens with one attached hydrogen (secondary N) is 2. The normalized spacial score (nSPS) is 27.5.